The molecule has 0 aromatic heterocycles. The number of ether oxygens (including phenoxy) is 1. The lowest BCUT2D eigenvalue weighted by Crippen LogP contribution is -2.16. The molecular formula is C16H23NOSi. The zero-order valence-corrected chi connectivity index (χ0v) is 13.3. The molecule has 0 unspecified atom stereocenters. The van der Waals surface area contributed by atoms with Gasteiger partial charge in [0.1, 0.15) is 13.8 Å². The molecule has 1 aliphatic carbocycles. The molecule has 0 amide bonds. The Hall–Kier alpha value is -1.24. The van der Waals surface area contributed by atoms with E-state index in [-0.39, 0.29) is 0 Å². The molecule has 1 fully saturated rings. The van der Waals surface area contributed by atoms with Crippen molar-refractivity contribution >= 4 is 8.07 Å². The van der Waals surface area contributed by atoms with Crippen LogP contribution >= 0.6 is 0 Å². The number of benzene rings is 1. The van der Waals surface area contributed by atoms with Crippen LogP contribution in [0.1, 0.15) is 24.0 Å². The van der Waals surface area contributed by atoms with Gasteiger partial charge < -0.3 is 10.1 Å². The quantitative estimate of drug-likeness (QED) is 0.672. The third-order valence-electron chi connectivity index (χ3n) is 3.03. The van der Waals surface area contributed by atoms with Crippen LogP contribution < -0.4 is 10.1 Å². The Morgan fingerprint density at radius 2 is 2.05 bits per heavy atom. The molecule has 1 aromatic carbocycles. The van der Waals surface area contributed by atoms with Gasteiger partial charge in [-0.1, -0.05) is 31.6 Å². The Morgan fingerprint density at radius 1 is 1.32 bits per heavy atom. The van der Waals surface area contributed by atoms with E-state index in [1.807, 2.05) is 0 Å². The fourth-order valence-electron chi connectivity index (χ4n) is 1.77. The fraction of sp³-hybridized carbons (Fsp3) is 0.500. The topological polar surface area (TPSA) is 21.3 Å². The summed E-state index contributed by atoms with van der Waals surface area (Å²) < 4.78 is 5.47. The van der Waals surface area contributed by atoms with Crippen LogP contribution in [-0.2, 0) is 6.54 Å². The molecule has 102 valence electrons. The molecule has 0 atom stereocenters. The van der Waals surface area contributed by atoms with E-state index in [0.29, 0.717) is 0 Å². The molecular weight excluding hydrogens is 250 g/mol. The van der Waals surface area contributed by atoms with E-state index < -0.39 is 8.07 Å². The summed E-state index contributed by atoms with van der Waals surface area (Å²) >= 11 is 0. The molecule has 2 nitrogen and oxygen atoms in total. The van der Waals surface area contributed by atoms with Crippen LogP contribution in [0.4, 0.5) is 0 Å². The van der Waals surface area contributed by atoms with Gasteiger partial charge >= 0.3 is 0 Å². The number of hydrogen-bond donors (Lipinski definition) is 1. The van der Waals surface area contributed by atoms with Crippen molar-refractivity contribution in [1.29, 1.82) is 0 Å². The molecule has 2 rings (SSSR count). The maximum atomic E-state index is 5.47. The van der Waals surface area contributed by atoms with E-state index in [9.17, 15) is 0 Å². The summed E-state index contributed by atoms with van der Waals surface area (Å²) in [7, 11) is 0.411. The number of nitrogens with one attached hydrogen (secondary N) is 1. The lowest BCUT2D eigenvalue weighted by Gasteiger charge is -2.10. The van der Waals surface area contributed by atoms with E-state index in [1.54, 1.807) is 7.11 Å². The molecule has 19 heavy (non-hydrogen) atoms. The van der Waals surface area contributed by atoms with Crippen LogP contribution in [0.25, 0.3) is 0 Å². The maximum absolute atomic E-state index is 5.47. The average Bonchev–Trinajstić information content (AvgIpc) is 3.17. The van der Waals surface area contributed by atoms with Crippen LogP contribution in [0.5, 0.6) is 5.75 Å². The van der Waals surface area contributed by atoms with E-state index in [4.69, 9.17) is 4.74 Å². The SMILES string of the molecule is COc1cc(C#C[Si](C)(C)C)ccc1CNC1CC1. The summed E-state index contributed by atoms with van der Waals surface area (Å²) in [5.41, 5.74) is 5.65. The minimum absolute atomic E-state index is 0.719. The van der Waals surface area contributed by atoms with Crippen molar-refractivity contribution in [3.8, 4) is 17.2 Å². The Labute approximate surface area is 117 Å². The standard InChI is InChI=1S/C16H23NOSi/c1-18-16-11-13(9-10-19(2,3)4)5-6-14(16)12-17-15-7-8-15/h5-6,11,15,17H,7-8,12H2,1-4H3. The first-order valence-corrected chi connectivity index (χ1v) is 10.4. The van der Waals surface area contributed by atoms with E-state index in [0.717, 1.165) is 23.9 Å². The zero-order chi connectivity index (χ0) is 13.9. The second kappa shape index (κ2) is 5.81. The largest absolute Gasteiger partial charge is 0.496 e. The third kappa shape index (κ3) is 4.74. The molecule has 1 aliphatic rings. The molecule has 0 aliphatic heterocycles. The van der Waals surface area contributed by atoms with Crippen LogP contribution in [-0.4, -0.2) is 21.2 Å². The highest BCUT2D eigenvalue weighted by Gasteiger charge is 2.20. The van der Waals surface area contributed by atoms with Gasteiger partial charge in [0.15, 0.2) is 0 Å². The first-order chi connectivity index (χ1) is 8.98. The molecule has 0 bridgehead atoms. The van der Waals surface area contributed by atoms with E-state index in [2.05, 4.69) is 54.6 Å². The van der Waals surface area contributed by atoms with Gasteiger partial charge in [-0.2, -0.15) is 0 Å². The molecule has 0 heterocycles. The van der Waals surface area contributed by atoms with Crippen molar-refractivity contribution in [2.45, 2.75) is 45.1 Å². The lowest BCUT2D eigenvalue weighted by atomic mass is 10.1. The van der Waals surface area contributed by atoms with E-state index in [1.165, 1.54) is 18.4 Å². The molecule has 0 radical (unpaired) electrons. The average molecular weight is 273 g/mol. The van der Waals surface area contributed by atoms with Crippen LogP contribution in [0.3, 0.4) is 0 Å². The summed E-state index contributed by atoms with van der Waals surface area (Å²) in [6, 6.07) is 7.00. The predicted molar refractivity (Wildman–Crippen MR) is 83.1 cm³/mol. The normalized spacial score (nSPS) is 14.7. The predicted octanol–water partition coefficient (Wildman–Crippen LogP) is 3.18. The summed E-state index contributed by atoms with van der Waals surface area (Å²) in [5.74, 6) is 4.22. The maximum Gasteiger partial charge on any atom is 0.129 e. The molecule has 1 saturated carbocycles. The smallest absolute Gasteiger partial charge is 0.129 e. The highest BCUT2D eigenvalue weighted by Crippen LogP contribution is 2.23. The van der Waals surface area contributed by atoms with Gasteiger partial charge in [-0.05, 0) is 25.0 Å². The van der Waals surface area contributed by atoms with Gasteiger partial charge in [0.2, 0.25) is 0 Å². The minimum Gasteiger partial charge on any atom is -0.496 e. The summed E-state index contributed by atoms with van der Waals surface area (Å²) in [4.78, 5) is 0. The monoisotopic (exact) mass is 273 g/mol. The van der Waals surface area contributed by atoms with Crippen LogP contribution in [0.2, 0.25) is 19.6 Å². The molecule has 0 spiro atoms. The number of hydrogen-bond acceptors (Lipinski definition) is 2. The van der Waals surface area contributed by atoms with Gasteiger partial charge in [-0.25, -0.2) is 0 Å². The van der Waals surface area contributed by atoms with Crippen molar-refractivity contribution in [2.75, 3.05) is 7.11 Å². The first kappa shape index (κ1) is 14.2. The van der Waals surface area contributed by atoms with Crippen molar-refractivity contribution in [3.63, 3.8) is 0 Å². The summed E-state index contributed by atoms with van der Waals surface area (Å²) in [5, 5.41) is 3.51. The zero-order valence-electron chi connectivity index (χ0n) is 12.3. The van der Waals surface area contributed by atoms with Crippen molar-refractivity contribution < 1.29 is 4.74 Å². The van der Waals surface area contributed by atoms with Gasteiger partial charge in [0.05, 0.1) is 7.11 Å². The second-order valence-electron chi connectivity index (χ2n) is 6.18. The number of methoxy groups -OCH3 is 1. The Kier molecular flexibility index (Phi) is 4.33. The van der Waals surface area contributed by atoms with Crippen LogP contribution in [0, 0.1) is 11.5 Å². The van der Waals surface area contributed by atoms with Crippen molar-refractivity contribution in [1.82, 2.24) is 5.32 Å². The number of rotatable bonds is 4. The fourth-order valence-corrected chi connectivity index (χ4v) is 2.29. The van der Waals surface area contributed by atoms with Crippen molar-refractivity contribution in [2.24, 2.45) is 0 Å². The van der Waals surface area contributed by atoms with Gasteiger partial charge in [0, 0.05) is 23.7 Å². The summed E-state index contributed by atoms with van der Waals surface area (Å²) in [6.07, 6.45) is 2.62. The van der Waals surface area contributed by atoms with Gasteiger partial charge in [-0.15, -0.1) is 5.54 Å². The molecule has 3 heteroatoms. The minimum atomic E-state index is -1.32. The van der Waals surface area contributed by atoms with Gasteiger partial charge in [0.25, 0.3) is 0 Å². The van der Waals surface area contributed by atoms with Crippen molar-refractivity contribution in [3.05, 3.63) is 29.3 Å². The Morgan fingerprint density at radius 3 is 2.63 bits per heavy atom. The highest BCUT2D eigenvalue weighted by molar-refractivity contribution is 6.83. The second-order valence-corrected chi connectivity index (χ2v) is 10.9. The van der Waals surface area contributed by atoms with Crippen LogP contribution in [0.15, 0.2) is 18.2 Å². The lowest BCUT2D eigenvalue weighted by molar-refractivity contribution is 0.407. The highest BCUT2D eigenvalue weighted by atomic mass is 28.3. The Bertz CT molecular complexity index is 504. The third-order valence-corrected chi connectivity index (χ3v) is 3.90. The molecule has 1 aromatic rings. The molecule has 0 saturated heterocycles. The van der Waals surface area contributed by atoms with E-state index >= 15 is 0 Å². The molecule has 1 N–H and O–H groups in total. The van der Waals surface area contributed by atoms with Gasteiger partial charge in [-0.3, -0.25) is 0 Å². The summed E-state index contributed by atoms with van der Waals surface area (Å²) in [6.45, 7) is 7.65. The Balaban J connectivity index is 2.11. The first-order valence-electron chi connectivity index (χ1n) is 6.91.